The van der Waals surface area contributed by atoms with Gasteiger partial charge in [0.2, 0.25) is 5.91 Å². The number of halogens is 3. The first-order valence-corrected chi connectivity index (χ1v) is 6.70. The predicted octanol–water partition coefficient (Wildman–Crippen LogP) is 1.91. The van der Waals surface area contributed by atoms with Gasteiger partial charge in [-0.05, 0) is 24.7 Å². The normalized spacial score (nSPS) is 16.7. The molecule has 0 aromatic carbocycles. The molecule has 0 radical (unpaired) electrons. The lowest BCUT2D eigenvalue weighted by Gasteiger charge is -2.33. The molecule has 2 atom stereocenters. The number of rotatable bonds is 7. The second-order valence-electron chi connectivity index (χ2n) is 6.06. The van der Waals surface area contributed by atoms with Gasteiger partial charge >= 0.3 is 12.1 Å². The second-order valence-corrected chi connectivity index (χ2v) is 6.06. The summed E-state index contributed by atoms with van der Waals surface area (Å²) in [7, 11) is 0. The summed E-state index contributed by atoms with van der Waals surface area (Å²) in [5, 5.41) is 10.9. The molecule has 8 heteroatoms. The number of hydrogen-bond donors (Lipinski definition) is 3. The van der Waals surface area contributed by atoms with Crippen molar-refractivity contribution in [3.05, 3.63) is 0 Å². The number of nitrogens with one attached hydrogen (secondary N) is 1. The Morgan fingerprint density at radius 2 is 1.62 bits per heavy atom. The van der Waals surface area contributed by atoms with E-state index in [1.54, 1.807) is 13.8 Å². The van der Waals surface area contributed by atoms with E-state index in [2.05, 4.69) is 0 Å². The largest absolute Gasteiger partial charge is 0.480 e. The lowest BCUT2D eigenvalue weighted by atomic mass is 9.87. The smallest absolute Gasteiger partial charge is 0.415 e. The molecule has 0 aliphatic rings. The SMILES string of the molecule is CC(C)C[C@H](NC(=O)[C@@](N)(CC(C)C)C(F)(F)F)C(=O)O. The first kappa shape index (κ1) is 19.7. The van der Waals surface area contributed by atoms with Crippen molar-refractivity contribution in [1.29, 1.82) is 0 Å². The topological polar surface area (TPSA) is 92.4 Å². The maximum Gasteiger partial charge on any atom is 0.415 e. The highest BCUT2D eigenvalue weighted by atomic mass is 19.4. The van der Waals surface area contributed by atoms with Crippen molar-refractivity contribution in [2.45, 2.75) is 58.3 Å². The molecule has 0 aliphatic carbocycles. The fourth-order valence-electron chi connectivity index (χ4n) is 1.96. The van der Waals surface area contributed by atoms with Gasteiger partial charge in [0, 0.05) is 0 Å². The van der Waals surface area contributed by atoms with Crippen LogP contribution in [0.1, 0.15) is 40.5 Å². The predicted molar refractivity (Wildman–Crippen MR) is 71.4 cm³/mol. The number of amides is 1. The van der Waals surface area contributed by atoms with Crippen LogP contribution in [0.25, 0.3) is 0 Å². The third kappa shape index (κ3) is 5.53. The quantitative estimate of drug-likeness (QED) is 0.669. The lowest BCUT2D eigenvalue weighted by Crippen LogP contribution is -2.65. The molecule has 0 heterocycles. The summed E-state index contributed by atoms with van der Waals surface area (Å²) in [5.74, 6) is -3.46. The summed E-state index contributed by atoms with van der Waals surface area (Å²) in [6, 6.07) is -1.39. The third-order valence-electron chi connectivity index (χ3n) is 2.95. The third-order valence-corrected chi connectivity index (χ3v) is 2.95. The molecule has 0 bridgehead atoms. The molecular weight excluding hydrogens is 289 g/mol. The second kappa shape index (κ2) is 7.11. The van der Waals surface area contributed by atoms with Crippen LogP contribution in [0.3, 0.4) is 0 Å². The lowest BCUT2D eigenvalue weighted by molar-refractivity contribution is -0.195. The zero-order chi connectivity index (χ0) is 17.0. The Kier molecular flexibility index (Phi) is 6.66. The number of hydrogen-bond acceptors (Lipinski definition) is 3. The molecule has 0 saturated carbocycles. The molecule has 0 unspecified atom stereocenters. The molecule has 0 spiro atoms. The van der Waals surface area contributed by atoms with Crippen molar-refractivity contribution < 1.29 is 27.9 Å². The summed E-state index contributed by atoms with van der Waals surface area (Å²) in [5.41, 5.74) is 2.18. The van der Waals surface area contributed by atoms with E-state index in [1.807, 2.05) is 5.32 Å². The molecule has 1 amide bonds. The summed E-state index contributed by atoms with van der Waals surface area (Å²) in [4.78, 5) is 23.0. The first-order chi connectivity index (χ1) is 9.31. The van der Waals surface area contributed by atoms with E-state index in [9.17, 15) is 22.8 Å². The van der Waals surface area contributed by atoms with Crippen LogP contribution >= 0.6 is 0 Å². The zero-order valence-electron chi connectivity index (χ0n) is 12.6. The van der Waals surface area contributed by atoms with Gasteiger partial charge in [0.1, 0.15) is 6.04 Å². The first-order valence-electron chi connectivity index (χ1n) is 6.70. The Labute approximate surface area is 122 Å². The zero-order valence-corrected chi connectivity index (χ0v) is 12.6. The van der Waals surface area contributed by atoms with Crippen molar-refractivity contribution in [2.24, 2.45) is 17.6 Å². The van der Waals surface area contributed by atoms with Crippen molar-refractivity contribution in [2.75, 3.05) is 0 Å². The monoisotopic (exact) mass is 312 g/mol. The van der Waals surface area contributed by atoms with Gasteiger partial charge in [0.15, 0.2) is 5.54 Å². The van der Waals surface area contributed by atoms with Crippen molar-refractivity contribution >= 4 is 11.9 Å². The van der Waals surface area contributed by atoms with Crippen LogP contribution in [0.4, 0.5) is 13.2 Å². The van der Waals surface area contributed by atoms with E-state index in [-0.39, 0.29) is 12.3 Å². The van der Waals surface area contributed by atoms with Gasteiger partial charge in [-0.2, -0.15) is 13.2 Å². The Morgan fingerprint density at radius 3 is 1.90 bits per heavy atom. The van der Waals surface area contributed by atoms with E-state index in [4.69, 9.17) is 10.8 Å². The van der Waals surface area contributed by atoms with Crippen molar-refractivity contribution in [3.8, 4) is 0 Å². The molecule has 0 aromatic heterocycles. The van der Waals surface area contributed by atoms with Crippen LogP contribution in [-0.4, -0.2) is 34.7 Å². The van der Waals surface area contributed by atoms with Gasteiger partial charge in [-0.3, -0.25) is 4.79 Å². The number of nitrogens with two attached hydrogens (primary N) is 1. The number of carboxylic acid groups (broad SMARTS) is 1. The van der Waals surface area contributed by atoms with Crippen LogP contribution < -0.4 is 11.1 Å². The van der Waals surface area contributed by atoms with Crippen LogP contribution in [0.5, 0.6) is 0 Å². The Bertz CT molecular complexity index is 383. The standard InChI is InChI=1S/C13H23F3N2O3/c1-7(2)5-9(10(19)20)18-11(21)12(17,6-8(3)4)13(14,15)16/h7-9H,5-6,17H2,1-4H3,(H,18,21)(H,19,20)/t9-,12-/m0/s1. The number of carboxylic acids is 1. The molecule has 0 saturated heterocycles. The highest BCUT2D eigenvalue weighted by Gasteiger charge is 2.58. The number of carbonyl (C=O) groups excluding carboxylic acids is 1. The van der Waals surface area contributed by atoms with Crippen LogP contribution in [-0.2, 0) is 9.59 Å². The molecule has 4 N–H and O–H groups in total. The van der Waals surface area contributed by atoms with E-state index in [0.717, 1.165) is 0 Å². The highest BCUT2D eigenvalue weighted by molar-refractivity contribution is 5.90. The number of carbonyl (C=O) groups is 2. The van der Waals surface area contributed by atoms with Gasteiger partial charge in [0.05, 0.1) is 0 Å². The molecule has 21 heavy (non-hydrogen) atoms. The summed E-state index contributed by atoms with van der Waals surface area (Å²) < 4.78 is 39.3. The molecule has 124 valence electrons. The molecule has 0 fully saturated rings. The molecule has 5 nitrogen and oxygen atoms in total. The van der Waals surface area contributed by atoms with Gasteiger partial charge in [-0.25, -0.2) is 4.79 Å². The number of aliphatic carboxylic acids is 1. The fourth-order valence-corrected chi connectivity index (χ4v) is 1.96. The summed E-state index contributed by atoms with van der Waals surface area (Å²) in [6.07, 6.45) is -5.55. The van der Waals surface area contributed by atoms with Gasteiger partial charge in [-0.1, -0.05) is 27.7 Å². The average molecular weight is 312 g/mol. The maximum atomic E-state index is 13.1. The fraction of sp³-hybridized carbons (Fsp3) is 0.846. The van der Waals surface area contributed by atoms with E-state index >= 15 is 0 Å². The maximum absolute atomic E-state index is 13.1. The Balaban J connectivity index is 5.26. The van der Waals surface area contributed by atoms with Crippen LogP contribution in [0.2, 0.25) is 0 Å². The summed E-state index contributed by atoms with van der Waals surface area (Å²) in [6.45, 7) is 6.41. The minimum atomic E-state index is -4.96. The molecule has 0 aromatic rings. The number of alkyl halides is 3. The van der Waals surface area contributed by atoms with Gasteiger partial charge < -0.3 is 16.2 Å². The van der Waals surface area contributed by atoms with E-state index in [0.29, 0.717) is 0 Å². The van der Waals surface area contributed by atoms with Crippen LogP contribution in [0, 0.1) is 11.8 Å². The van der Waals surface area contributed by atoms with Gasteiger partial charge in [0.25, 0.3) is 0 Å². The van der Waals surface area contributed by atoms with E-state index < -0.39 is 42.0 Å². The van der Waals surface area contributed by atoms with Crippen molar-refractivity contribution in [1.82, 2.24) is 5.32 Å². The van der Waals surface area contributed by atoms with Crippen LogP contribution in [0.15, 0.2) is 0 Å². The van der Waals surface area contributed by atoms with Crippen molar-refractivity contribution in [3.63, 3.8) is 0 Å². The molecular formula is C13H23F3N2O3. The Hall–Kier alpha value is -1.31. The van der Waals surface area contributed by atoms with Gasteiger partial charge in [-0.15, -0.1) is 0 Å². The minimum absolute atomic E-state index is 0.0245. The minimum Gasteiger partial charge on any atom is -0.480 e. The molecule has 0 aliphatic heterocycles. The Morgan fingerprint density at radius 1 is 1.14 bits per heavy atom. The average Bonchev–Trinajstić information content (AvgIpc) is 2.24. The highest BCUT2D eigenvalue weighted by Crippen LogP contribution is 2.33. The summed E-state index contributed by atoms with van der Waals surface area (Å²) >= 11 is 0. The molecule has 0 rings (SSSR count). The van der Waals surface area contributed by atoms with E-state index in [1.165, 1.54) is 13.8 Å².